The van der Waals surface area contributed by atoms with Gasteiger partial charge in [-0.05, 0) is 48.1 Å². The Hall–Kier alpha value is -3.00. The molecule has 0 bridgehead atoms. The molecule has 5 rings (SSSR count). The number of aromatic nitrogens is 2. The van der Waals surface area contributed by atoms with Crippen LogP contribution in [0.3, 0.4) is 0 Å². The van der Waals surface area contributed by atoms with Gasteiger partial charge in [-0.2, -0.15) is 0 Å². The molecule has 0 unspecified atom stereocenters. The van der Waals surface area contributed by atoms with Crippen LogP contribution in [0.15, 0.2) is 23.5 Å². The minimum atomic E-state index is -0.715. The van der Waals surface area contributed by atoms with Crippen molar-refractivity contribution >= 4 is 50.9 Å². The van der Waals surface area contributed by atoms with E-state index >= 15 is 0 Å². The minimum Gasteiger partial charge on any atom is -0.481 e. The highest BCUT2D eigenvalue weighted by molar-refractivity contribution is 7.19. The summed E-state index contributed by atoms with van der Waals surface area (Å²) in [6, 6.07) is 4.29. The van der Waals surface area contributed by atoms with Crippen molar-refractivity contribution < 1.29 is 9.90 Å². The summed E-state index contributed by atoms with van der Waals surface area (Å²) in [5.74, 6) is -0.247. The SMILES string of the molecule is CN(C)c1cc2c(cc1Nc1ncnc3sc4c(c13)CC[C@H](C(=O)O)C4)C=NC2. The maximum Gasteiger partial charge on any atom is 0.306 e. The van der Waals surface area contributed by atoms with Gasteiger partial charge in [0.05, 0.1) is 29.2 Å². The molecule has 3 aromatic rings. The number of anilines is 3. The number of fused-ring (bicyclic) bond motifs is 4. The van der Waals surface area contributed by atoms with Crippen LogP contribution < -0.4 is 10.2 Å². The molecule has 1 aromatic carbocycles. The molecule has 148 valence electrons. The van der Waals surface area contributed by atoms with E-state index in [1.165, 1.54) is 11.1 Å². The number of hydrogen-bond donors (Lipinski definition) is 2. The number of aliphatic imine (C=N–C) groups is 1. The Balaban J connectivity index is 1.59. The molecule has 3 heterocycles. The molecule has 0 spiro atoms. The molecule has 2 N–H and O–H groups in total. The molecular formula is C21H21N5O2S. The van der Waals surface area contributed by atoms with E-state index in [1.54, 1.807) is 17.7 Å². The van der Waals surface area contributed by atoms with E-state index in [0.717, 1.165) is 50.8 Å². The summed E-state index contributed by atoms with van der Waals surface area (Å²) in [7, 11) is 4.05. The number of nitrogens with zero attached hydrogens (tertiary/aromatic N) is 4. The average molecular weight is 407 g/mol. The minimum absolute atomic E-state index is 0.309. The lowest BCUT2D eigenvalue weighted by molar-refractivity contribution is -0.142. The summed E-state index contributed by atoms with van der Waals surface area (Å²) in [5.41, 5.74) is 5.59. The van der Waals surface area contributed by atoms with Gasteiger partial charge in [0.1, 0.15) is 17.0 Å². The topological polar surface area (TPSA) is 90.7 Å². The number of thiophene rings is 1. The monoisotopic (exact) mass is 407 g/mol. The standard InChI is InChI=1S/C21H21N5O2S/c1-26(2)16-6-13-9-22-8-12(13)5-15(16)25-19-18-14-4-3-11(21(27)28)7-17(14)29-20(18)24-10-23-19/h5-6,8,10-11H,3-4,7,9H2,1-2H3,(H,27,28)(H,23,24,25)/t11-/m0/s1. The van der Waals surface area contributed by atoms with Gasteiger partial charge in [-0.1, -0.05) is 0 Å². The molecule has 1 atom stereocenters. The first kappa shape index (κ1) is 18.1. The molecular weight excluding hydrogens is 386 g/mol. The molecule has 1 aliphatic heterocycles. The number of hydrogen-bond acceptors (Lipinski definition) is 7. The number of nitrogens with one attached hydrogen (secondary N) is 1. The predicted octanol–water partition coefficient (Wildman–Crippen LogP) is 3.62. The number of carbonyl (C=O) groups is 1. The summed E-state index contributed by atoms with van der Waals surface area (Å²) in [6.45, 7) is 0.719. The third kappa shape index (κ3) is 3.04. The molecule has 0 radical (unpaired) electrons. The van der Waals surface area contributed by atoms with Crippen molar-refractivity contribution in [2.24, 2.45) is 10.9 Å². The smallest absolute Gasteiger partial charge is 0.306 e. The maximum absolute atomic E-state index is 11.4. The van der Waals surface area contributed by atoms with E-state index in [9.17, 15) is 9.90 Å². The summed E-state index contributed by atoms with van der Waals surface area (Å²) in [4.78, 5) is 28.9. The van der Waals surface area contributed by atoms with Crippen molar-refractivity contribution in [2.45, 2.75) is 25.8 Å². The zero-order chi connectivity index (χ0) is 20.1. The zero-order valence-electron chi connectivity index (χ0n) is 16.3. The first-order valence-electron chi connectivity index (χ1n) is 9.60. The molecule has 0 saturated carbocycles. The molecule has 2 aromatic heterocycles. The first-order valence-corrected chi connectivity index (χ1v) is 10.4. The van der Waals surface area contributed by atoms with Crippen LogP contribution in [0.4, 0.5) is 17.2 Å². The lowest BCUT2D eigenvalue weighted by Crippen LogP contribution is -2.21. The lowest BCUT2D eigenvalue weighted by Gasteiger charge is -2.21. The summed E-state index contributed by atoms with van der Waals surface area (Å²) in [6.07, 6.45) is 5.45. The zero-order valence-corrected chi connectivity index (χ0v) is 17.1. The van der Waals surface area contributed by atoms with Crippen LogP contribution in [0.25, 0.3) is 10.2 Å². The molecule has 0 amide bonds. The molecule has 7 nitrogen and oxygen atoms in total. The van der Waals surface area contributed by atoms with Gasteiger partial charge in [0.15, 0.2) is 0 Å². The van der Waals surface area contributed by atoms with Crippen LogP contribution >= 0.6 is 11.3 Å². The molecule has 29 heavy (non-hydrogen) atoms. The summed E-state index contributed by atoms with van der Waals surface area (Å²) in [5, 5.41) is 14.0. The second-order valence-electron chi connectivity index (χ2n) is 7.74. The van der Waals surface area contributed by atoms with Gasteiger partial charge >= 0.3 is 5.97 Å². The largest absolute Gasteiger partial charge is 0.481 e. The molecule has 0 fully saturated rings. The quantitative estimate of drug-likeness (QED) is 0.686. The van der Waals surface area contributed by atoms with Gasteiger partial charge in [-0.15, -0.1) is 11.3 Å². The Morgan fingerprint density at radius 2 is 2.17 bits per heavy atom. The van der Waals surface area contributed by atoms with E-state index in [2.05, 4.69) is 37.3 Å². The van der Waals surface area contributed by atoms with Crippen LogP contribution in [0.2, 0.25) is 0 Å². The van der Waals surface area contributed by atoms with Gasteiger partial charge < -0.3 is 15.3 Å². The van der Waals surface area contributed by atoms with Gasteiger partial charge in [-0.3, -0.25) is 9.79 Å². The number of carboxylic acid groups (broad SMARTS) is 1. The van der Waals surface area contributed by atoms with Gasteiger partial charge in [0.25, 0.3) is 0 Å². The molecule has 8 heteroatoms. The number of aliphatic carboxylic acids is 1. The van der Waals surface area contributed by atoms with Crippen LogP contribution in [0.1, 0.15) is 28.0 Å². The fourth-order valence-corrected chi connectivity index (χ4v) is 5.43. The summed E-state index contributed by atoms with van der Waals surface area (Å²) >= 11 is 1.59. The average Bonchev–Trinajstić information content (AvgIpc) is 3.30. The number of aryl methyl sites for hydroxylation is 1. The normalized spacial score (nSPS) is 17.2. The van der Waals surface area contributed by atoms with Crippen molar-refractivity contribution in [3.05, 3.63) is 40.0 Å². The van der Waals surface area contributed by atoms with Crippen molar-refractivity contribution in [2.75, 3.05) is 24.3 Å². The highest BCUT2D eigenvalue weighted by Gasteiger charge is 2.29. The van der Waals surface area contributed by atoms with E-state index in [4.69, 9.17) is 0 Å². The van der Waals surface area contributed by atoms with E-state index in [0.29, 0.717) is 12.8 Å². The third-order valence-electron chi connectivity index (χ3n) is 5.68. The summed E-state index contributed by atoms with van der Waals surface area (Å²) < 4.78 is 0. The Kier molecular flexibility index (Phi) is 4.24. The van der Waals surface area contributed by atoms with E-state index in [-0.39, 0.29) is 5.92 Å². The van der Waals surface area contributed by atoms with Gasteiger partial charge in [-0.25, -0.2) is 9.97 Å². The van der Waals surface area contributed by atoms with Crippen molar-refractivity contribution in [1.82, 2.24) is 9.97 Å². The Morgan fingerprint density at radius 1 is 1.31 bits per heavy atom. The Bertz CT molecular complexity index is 1170. The van der Waals surface area contributed by atoms with Gasteiger partial charge in [0, 0.05) is 25.2 Å². The van der Waals surface area contributed by atoms with Gasteiger partial charge in [0.2, 0.25) is 0 Å². The Morgan fingerprint density at radius 3 is 2.97 bits per heavy atom. The lowest BCUT2D eigenvalue weighted by atomic mass is 9.88. The van der Waals surface area contributed by atoms with Crippen molar-refractivity contribution in [3.8, 4) is 0 Å². The molecule has 1 aliphatic carbocycles. The number of rotatable bonds is 4. The fraction of sp³-hybridized carbons (Fsp3) is 0.333. The third-order valence-corrected chi connectivity index (χ3v) is 6.84. The Labute approximate surface area is 172 Å². The first-order chi connectivity index (χ1) is 14.0. The van der Waals surface area contributed by atoms with E-state index in [1.807, 2.05) is 20.3 Å². The molecule has 2 aliphatic rings. The maximum atomic E-state index is 11.4. The van der Waals surface area contributed by atoms with Crippen LogP contribution in [-0.2, 0) is 24.2 Å². The van der Waals surface area contributed by atoms with Crippen LogP contribution in [-0.4, -0.2) is 41.4 Å². The highest BCUT2D eigenvalue weighted by Crippen LogP contribution is 2.41. The number of carboxylic acids is 1. The predicted molar refractivity (Wildman–Crippen MR) is 116 cm³/mol. The van der Waals surface area contributed by atoms with Crippen molar-refractivity contribution in [3.63, 3.8) is 0 Å². The second-order valence-corrected chi connectivity index (χ2v) is 8.83. The highest BCUT2D eigenvalue weighted by atomic mass is 32.1. The molecule has 0 saturated heterocycles. The van der Waals surface area contributed by atoms with Crippen LogP contribution in [0.5, 0.6) is 0 Å². The fourth-order valence-electron chi connectivity index (χ4n) is 4.16. The van der Waals surface area contributed by atoms with Crippen LogP contribution in [0, 0.1) is 5.92 Å². The van der Waals surface area contributed by atoms with E-state index < -0.39 is 5.97 Å². The second kappa shape index (κ2) is 6.81. The van der Waals surface area contributed by atoms with Crippen molar-refractivity contribution in [1.29, 1.82) is 0 Å². The number of benzene rings is 1.